The van der Waals surface area contributed by atoms with E-state index in [1.165, 1.54) is 10.4 Å². The summed E-state index contributed by atoms with van der Waals surface area (Å²) in [5.41, 5.74) is 4.77. The molecule has 0 saturated heterocycles. The van der Waals surface area contributed by atoms with Gasteiger partial charge in [-0.25, -0.2) is 4.99 Å². The third kappa shape index (κ3) is 5.41. The number of hydrogen-bond acceptors (Lipinski definition) is 5. The smallest absolute Gasteiger partial charge is 0.134 e. The first-order valence-corrected chi connectivity index (χ1v) is 12.9. The van der Waals surface area contributed by atoms with Crippen LogP contribution < -0.4 is 4.74 Å². The molecular weight excluding hydrogens is 506 g/mol. The standard InChI is InChI=1S/C28H26BrN3OS/c1-28(2,3)21-9-10-22-23(15-31)27(34-26(22)13-21)32-16-20-8-11-25(24(29)12-20)33-17-19-6-4-18(14-30)5-7-19/h4-8,11-12,16,21H,9-10,13,17H2,1-3H3/t21-/m1/s1. The normalized spacial score (nSPS) is 15.5. The summed E-state index contributed by atoms with van der Waals surface area (Å²) in [6.45, 7) is 7.32. The van der Waals surface area contributed by atoms with Gasteiger partial charge in [-0.2, -0.15) is 10.5 Å². The monoisotopic (exact) mass is 531 g/mol. The number of nitriles is 2. The van der Waals surface area contributed by atoms with E-state index >= 15 is 0 Å². The quantitative estimate of drug-likeness (QED) is 0.316. The van der Waals surface area contributed by atoms with Crippen molar-refractivity contribution in [3.05, 3.63) is 79.6 Å². The van der Waals surface area contributed by atoms with E-state index in [2.05, 4.69) is 48.8 Å². The summed E-state index contributed by atoms with van der Waals surface area (Å²) in [7, 11) is 0. The molecule has 1 atom stereocenters. The number of fused-ring (bicyclic) bond motifs is 1. The van der Waals surface area contributed by atoms with Crippen LogP contribution in [0.2, 0.25) is 0 Å². The van der Waals surface area contributed by atoms with Crippen LogP contribution in [0.1, 0.15) is 59.9 Å². The fourth-order valence-corrected chi connectivity index (χ4v) is 5.93. The Kier molecular flexibility index (Phi) is 7.22. The summed E-state index contributed by atoms with van der Waals surface area (Å²) >= 11 is 5.25. The molecule has 1 aliphatic rings. The predicted octanol–water partition coefficient (Wildman–Crippen LogP) is 7.73. The summed E-state index contributed by atoms with van der Waals surface area (Å²) in [6.07, 6.45) is 4.93. The zero-order valence-corrected chi connectivity index (χ0v) is 22.0. The molecule has 0 aliphatic heterocycles. The average Bonchev–Trinajstić information content (AvgIpc) is 3.18. The lowest BCUT2D eigenvalue weighted by atomic mass is 9.72. The van der Waals surface area contributed by atoms with Crippen LogP contribution in [0.25, 0.3) is 0 Å². The number of benzene rings is 2. The van der Waals surface area contributed by atoms with Gasteiger partial charge in [0.1, 0.15) is 23.4 Å². The number of halogens is 1. The van der Waals surface area contributed by atoms with Crippen molar-refractivity contribution in [2.45, 2.75) is 46.6 Å². The Morgan fingerprint density at radius 3 is 2.56 bits per heavy atom. The highest BCUT2D eigenvalue weighted by molar-refractivity contribution is 9.10. The highest BCUT2D eigenvalue weighted by Gasteiger charge is 2.32. The largest absolute Gasteiger partial charge is 0.488 e. The van der Waals surface area contributed by atoms with Gasteiger partial charge in [-0.05, 0) is 93.5 Å². The van der Waals surface area contributed by atoms with E-state index in [0.29, 0.717) is 18.1 Å². The summed E-state index contributed by atoms with van der Waals surface area (Å²) in [5, 5.41) is 19.5. The molecule has 1 aliphatic carbocycles. The second-order valence-electron chi connectivity index (χ2n) is 9.65. The van der Waals surface area contributed by atoms with Crippen molar-refractivity contribution in [1.29, 1.82) is 10.5 Å². The lowest BCUT2D eigenvalue weighted by Gasteiger charge is -2.33. The third-order valence-corrected chi connectivity index (χ3v) is 8.13. The van der Waals surface area contributed by atoms with Gasteiger partial charge in [0.05, 0.1) is 21.7 Å². The highest BCUT2D eigenvalue weighted by Crippen LogP contribution is 2.44. The van der Waals surface area contributed by atoms with E-state index < -0.39 is 0 Å². The molecular formula is C28H26BrN3OS. The van der Waals surface area contributed by atoms with Gasteiger partial charge < -0.3 is 4.74 Å². The lowest BCUT2D eigenvalue weighted by molar-refractivity contribution is 0.218. The number of thiophene rings is 1. The second-order valence-corrected chi connectivity index (χ2v) is 11.6. The average molecular weight is 533 g/mol. The van der Waals surface area contributed by atoms with Crippen molar-refractivity contribution in [2.24, 2.45) is 16.3 Å². The van der Waals surface area contributed by atoms with Gasteiger partial charge in [0.25, 0.3) is 0 Å². The summed E-state index contributed by atoms with van der Waals surface area (Å²) in [4.78, 5) is 6.03. The second kappa shape index (κ2) is 10.1. The molecule has 2 aromatic carbocycles. The molecule has 0 fully saturated rings. The SMILES string of the molecule is CC(C)(C)[C@@H]1CCc2c(sc(N=Cc3ccc(OCc4ccc(C#N)cc4)c(Br)c3)c2C#N)C1. The first-order chi connectivity index (χ1) is 16.3. The highest BCUT2D eigenvalue weighted by atomic mass is 79.9. The molecule has 172 valence electrons. The Balaban J connectivity index is 1.47. The molecule has 0 bridgehead atoms. The van der Waals surface area contributed by atoms with Crippen molar-refractivity contribution in [2.75, 3.05) is 0 Å². The summed E-state index contributed by atoms with van der Waals surface area (Å²) in [5.74, 6) is 1.37. The number of aliphatic imine (C=N–C) groups is 1. The van der Waals surface area contributed by atoms with Gasteiger partial charge in [-0.1, -0.05) is 32.9 Å². The Morgan fingerprint density at radius 1 is 1.15 bits per heavy atom. The molecule has 3 aromatic rings. The molecule has 4 rings (SSSR count). The van der Waals surface area contributed by atoms with Crippen molar-refractivity contribution >= 4 is 38.5 Å². The number of nitrogens with zero attached hydrogens (tertiary/aromatic N) is 3. The number of hydrogen-bond donors (Lipinski definition) is 0. The van der Waals surface area contributed by atoms with Gasteiger partial charge in [-0.3, -0.25) is 0 Å². The summed E-state index contributed by atoms with van der Waals surface area (Å²) in [6, 6.07) is 17.7. The predicted molar refractivity (Wildman–Crippen MR) is 141 cm³/mol. The van der Waals surface area contributed by atoms with Crippen LogP contribution >= 0.6 is 27.3 Å². The Morgan fingerprint density at radius 2 is 1.91 bits per heavy atom. The van der Waals surface area contributed by atoms with Crippen LogP contribution in [0.5, 0.6) is 5.75 Å². The minimum atomic E-state index is 0.272. The van der Waals surface area contributed by atoms with Crippen LogP contribution in [0.15, 0.2) is 51.9 Å². The molecule has 34 heavy (non-hydrogen) atoms. The number of ether oxygens (including phenoxy) is 1. The molecule has 0 amide bonds. The summed E-state index contributed by atoms with van der Waals surface area (Å²) < 4.78 is 6.77. The molecule has 1 heterocycles. The van der Waals surface area contributed by atoms with E-state index in [-0.39, 0.29) is 5.41 Å². The van der Waals surface area contributed by atoms with Crippen LogP contribution in [-0.2, 0) is 19.4 Å². The minimum Gasteiger partial charge on any atom is -0.488 e. The molecule has 6 heteroatoms. The van der Waals surface area contributed by atoms with Crippen LogP contribution in [-0.4, -0.2) is 6.21 Å². The van der Waals surface area contributed by atoms with E-state index in [0.717, 1.165) is 51.2 Å². The van der Waals surface area contributed by atoms with E-state index in [9.17, 15) is 5.26 Å². The minimum absolute atomic E-state index is 0.272. The lowest BCUT2D eigenvalue weighted by Crippen LogP contribution is -2.26. The fraction of sp³-hybridized carbons (Fsp3) is 0.321. The maximum absolute atomic E-state index is 9.79. The van der Waals surface area contributed by atoms with Gasteiger partial charge >= 0.3 is 0 Å². The van der Waals surface area contributed by atoms with Gasteiger partial charge in [-0.15, -0.1) is 11.3 Å². The van der Waals surface area contributed by atoms with Crippen LogP contribution in [0.3, 0.4) is 0 Å². The van der Waals surface area contributed by atoms with Gasteiger partial charge in [0, 0.05) is 11.1 Å². The fourth-order valence-electron chi connectivity index (χ4n) is 4.20. The molecule has 1 aromatic heterocycles. The number of rotatable bonds is 5. The van der Waals surface area contributed by atoms with Crippen molar-refractivity contribution in [3.8, 4) is 17.9 Å². The maximum Gasteiger partial charge on any atom is 0.134 e. The van der Waals surface area contributed by atoms with E-state index in [4.69, 9.17) is 15.0 Å². The molecule has 4 nitrogen and oxygen atoms in total. The molecule has 0 spiro atoms. The van der Waals surface area contributed by atoms with E-state index in [1.807, 2.05) is 36.5 Å². The zero-order chi connectivity index (χ0) is 24.3. The third-order valence-electron chi connectivity index (χ3n) is 6.35. The van der Waals surface area contributed by atoms with Gasteiger partial charge in [0.2, 0.25) is 0 Å². The topological polar surface area (TPSA) is 69.2 Å². The van der Waals surface area contributed by atoms with Crippen molar-refractivity contribution in [1.82, 2.24) is 0 Å². The first kappa shape index (κ1) is 24.2. The molecule has 0 N–H and O–H groups in total. The zero-order valence-electron chi connectivity index (χ0n) is 19.6. The van der Waals surface area contributed by atoms with Crippen LogP contribution in [0.4, 0.5) is 5.00 Å². The van der Waals surface area contributed by atoms with Crippen LogP contribution in [0, 0.1) is 34.0 Å². The Labute approximate surface area is 213 Å². The van der Waals surface area contributed by atoms with Crippen molar-refractivity contribution < 1.29 is 4.74 Å². The molecule has 0 unspecified atom stereocenters. The maximum atomic E-state index is 9.79. The Hall–Kier alpha value is -2.93. The first-order valence-electron chi connectivity index (χ1n) is 11.3. The van der Waals surface area contributed by atoms with E-state index in [1.54, 1.807) is 23.5 Å². The van der Waals surface area contributed by atoms with Crippen molar-refractivity contribution in [3.63, 3.8) is 0 Å². The van der Waals surface area contributed by atoms with Gasteiger partial charge in [0.15, 0.2) is 0 Å². The molecule has 0 saturated carbocycles. The Bertz CT molecular complexity index is 1300. The molecule has 0 radical (unpaired) electrons.